The Hall–Kier alpha value is -2.68. The summed E-state index contributed by atoms with van der Waals surface area (Å²) in [6.07, 6.45) is 0. The first-order chi connectivity index (χ1) is 12.9. The van der Waals surface area contributed by atoms with E-state index in [0.29, 0.717) is 16.0 Å². The van der Waals surface area contributed by atoms with Crippen molar-refractivity contribution in [3.63, 3.8) is 0 Å². The van der Waals surface area contributed by atoms with E-state index in [4.69, 9.17) is 16.0 Å². The van der Waals surface area contributed by atoms with E-state index in [1.165, 1.54) is 24.3 Å². The Labute approximate surface area is 160 Å². The molecule has 0 saturated carbocycles. The van der Waals surface area contributed by atoms with E-state index >= 15 is 0 Å². The van der Waals surface area contributed by atoms with E-state index in [1.54, 1.807) is 30.3 Å². The minimum Gasteiger partial charge on any atom is -0.422 e. The standard InChI is InChI=1S/C18H15ClN2O5S/c19-13-5-3-6-14(11-13)27(24,25)21-9-8-20-17(22)15-10-12-4-1-2-7-16(12)26-18(15)23/h1-7,10-11,21H,8-9H2,(H,20,22). The summed E-state index contributed by atoms with van der Waals surface area (Å²) in [5.41, 5.74) is -0.523. The molecule has 1 amide bonds. The lowest BCUT2D eigenvalue weighted by Crippen LogP contribution is -2.36. The molecule has 2 aromatic carbocycles. The van der Waals surface area contributed by atoms with Crippen molar-refractivity contribution >= 4 is 38.5 Å². The zero-order chi connectivity index (χ0) is 19.4. The van der Waals surface area contributed by atoms with Gasteiger partial charge in [0, 0.05) is 23.5 Å². The largest absolute Gasteiger partial charge is 0.422 e. The molecule has 27 heavy (non-hydrogen) atoms. The first kappa shape index (κ1) is 19.1. The number of hydrogen-bond acceptors (Lipinski definition) is 5. The van der Waals surface area contributed by atoms with Crippen LogP contribution < -0.4 is 15.7 Å². The molecular weight excluding hydrogens is 392 g/mol. The minimum absolute atomic E-state index is 0.00903. The lowest BCUT2D eigenvalue weighted by molar-refractivity contribution is 0.0951. The third-order valence-corrected chi connectivity index (χ3v) is 5.39. The van der Waals surface area contributed by atoms with Crippen LogP contribution in [-0.4, -0.2) is 27.4 Å². The molecule has 0 aliphatic heterocycles. The molecular formula is C18H15ClN2O5S. The van der Waals surface area contributed by atoms with Gasteiger partial charge in [0.25, 0.3) is 5.91 Å². The van der Waals surface area contributed by atoms with Crippen LogP contribution in [0, 0.1) is 0 Å². The number of rotatable bonds is 6. The molecule has 0 radical (unpaired) electrons. The summed E-state index contributed by atoms with van der Waals surface area (Å²) in [4.78, 5) is 24.1. The van der Waals surface area contributed by atoms with Crippen LogP contribution in [0.1, 0.15) is 10.4 Å². The van der Waals surface area contributed by atoms with Crippen molar-refractivity contribution < 1.29 is 17.6 Å². The average molecular weight is 407 g/mol. The minimum atomic E-state index is -3.75. The summed E-state index contributed by atoms with van der Waals surface area (Å²) in [5, 5.41) is 3.40. The zero-order valence-electron chi connectivity index (χ0n) is 13.9. The van der Waals surface area contributed by atoms with Crippen molar-refractivity contribution in [2.24, 2.45) is 0 Å². The molecule has 0 spiro atoms. The molecule has 0 aliphatic rings. The number of nitrogens with one attached hydrogen (secondary N) is 2. The summed E-state index contributed by atoms with van der Waals surface area (Å²) in [6, 6.07) is 14.1. The number of benzene rings is 2. The van der Waals surface area contributed by atoms with Crippen molar-refractivity contribution in [3.8, 4) is 0 Å². The Kier molecular flexibility index (Phi) is 5.59. The van der Waals surface area contributed by atoms with Gasteiger partial charge in [-0.1, -0.05) is 35.9 Å². The van der Waals surface area contributed by atoms with Crippen molar-refractivity contribution in [2.75, 3.05) is 13.1 Å². The smallest absolute Gasteiger partial charge is 0.349 e. The third-order valence-electron chi connectivity index (χ3n) is 3.70. The van der Waals surface area contributed by atoms with Gasteiger partial charge in [-0.3, -0.25) is 4.79 Å². The summed E-state index contributed by atoms with van der Waals surface area (Å²) >= 11 is 5.79. The second kappa shape index (κ2) is 7.91. The number of para-hydroxylation sites is 1. The van der Waals surface area contributed by atoms with E-state index < -0.39 is 21.6 Å². The molecule has 0 atom stereocenters. The van der Waals surface area contributed by atoms with Gasteiger partial charge in [-0.25, -0.2) is 17.9 Å². The lowest BCUT2D eigenvalue weighted by atomic mass is 10.2. The highest BCUT2D eigenvalue weighted by molar-refractivity contribution is 7.89. The van der Waals surface area contributed by atoms with Gasteiger partial charge in [-0.05, 0) is 30.3 Å². The summed E-state index contributed by atoms with van der Waals surface area (Å²) in [6.45, 7) is -0.0651. The monoisotopic (exact) mass is 406 g/mol. The quantitative estimate of drug-likeness (QED) is 0.482. The molecule has 7 nitrogen and oxygen atoms in total. The average Bonchev–Trinajstić information content (AvgIpc) is 2.64. The lowest BCUT2D eigenvalue weighted by Gasteiger charge is -2.08. The van der Waals surface area contributed by atoms with Gasteiger partial charge in [0.2, 0.25) is 10.0 Å². The molecule has 3 aromatic rings. The van der Waals surface area contributed by atoms with Crippen molar-refractivity contribution in [1.29, 1.82) is 0 Å². The van der Waals surface area contributed by atoms with Gasteiger partial charge < -0.3 is 9.73 Å². The number of carbonyl (C=O) groups is 1. The molecule has 0 bridgehead atoms. The Balaban J connectivity index is 1.62. The molecule has 0 unspecified atom stereocenters. The van der Waals surface area contributed by atoms with Crippen LogP contribution in [0.25, 0.3) is 11.0 Å². The van der Waals surface area contributed by atoms with E-state index in [1.807, 2.05) is 0 Å². The summed E-state index contributed by atoms with van der Waals surface area (Å²) in [7, 11) is -3.75. The Bertz CT molecular complexity index is 1160. The van der Waals surface area contributed by atoms with Crippen molar-refractivity contribution in [3.05, 3.63) is 75.6 Å². The Morgan fingerprint density at radius 1 is 1.04 bits per heavy atom. The van der Waals surface area contributed by atoms with Crippen LogP contribution in [0.15, 0.2) is 68.7 Å². The Morgan fingerprint density at radius 2 is 1.81 bits per heavy atom. The summed E-state index contributed by atoms with van der Waals surface area (Å²) in [5.74, 6) is -0.642. The molecule has 0 fully saturated rings. The van der Waals surface area contributed by atoms with Gasteiger partial charge in [0.05, 0.1) is 4.90 Å². The Morgan fingerprint density at radius 3 is 2.59 bits per heavy atom. The number of fused-ring (bicyclic) bond motifs is 1. The first-order valence-electron chi connectivity index (χ1n) is 7.93. The van der Waals surface area contributed by atoms with E-state index in [2.05, 4.69) is 10.0 Å². The predicted octanol–water partition coefficient (Wildman–Crippen LogP) is 2.15. The fourth-order valence-electron chi connectivity index (χ4n) is 2.39. The van der Waals surface area contributed by atoms with Crippen LogP contribution in [0.5, 0.6) is 0 Å². The maximum absolute atomic E-state index is 12.2. The van der Waals surface area contributed by atoms with Gasteiger partial charge in [0.15, 0.2) is 0 Å². The van der Waals surface area contributed by atoms with E-state index in [9.17, 15) is 18.0 Å². The van der Waals surface area contributed by atoms with Crippen LogP contribution in [0.4, 0.5) is 0 Å². The van der Waals surface area contributed by atoms with E-state index in [0.717, 1.165) is 0 Å². The predicted molar refractivity (Wildman–Crippen MR) is 101 cm³/mol. The maximum Gasteiger partial charge on any atom is 0.349 e. The van der Waals surface area contributed by atoms with Crippen LogP contribution in [-0.2, 0) is 10.0 Å². The molecule has 0 saturated heterocycles. The van der Waals surface area contributed by atoms with Gasteiger partial charge in [0.1, 0.15) is 11.1 Å². The molecule has 0 aliphatic carbocycles. The fourth-order valence-corrected chi connectivity index (χ4v) is 3.73. The van der Waals surface area contributed by atoms with Gasteiger partial charge >= 0.3 is 5.63 Å². The third kappa shape index (κ3) is 4.54. The van der Waals surface area contributed by atoms with Crippen LogP contribution in [0.3, 0.4) is 0 Å². The number of halogens is 1. The second-order valence-corrected chi connectivity index (χ2v) is 7.80. The molecule has 9 heteroatoms. The van der Waals surface area contributed by atoms with Crippen LogP contribution in [0.2, 0.25) is 5.02 Å². The SMILES string of the molecule is O=C(NCCNS(=O)(=O)c1cccc(Cl)c1)c1cc2ccccc2oc1=O. The maximum atomic E-state index is 12.2. The van der Waals surface area contributed by atoms with Gasteiger partial charge in [-0.15, -0.1) is 0 Å². The van der Waals surface area contributed by atoms with E-state index in [-0.39, 0.29) is 23.5 Å². The fraction of sp³-hybridized carbons (Fsp3) is 0.111. The number of sulfonamides is 1. The van der Waals surface area contributed by atoms with Crippen molar-refractivity contribution in [2.45, 2.75) is 4.90 Å². The second-order valence-electron chi connectivity index (χ2n) is 5.60. The highest BCUT2D eigenvalue weighted by Crippen LogP contribution is 2.15. The number of carbonyl (C=O) groups excluding carboxylic acids is 1. The molecule has 140 valence electrons. The molecule has 2 N–H and O–H groups in total. The van der Waals surface area contributed by atoms with Crippen LogP contribution >= 0.6 is 11.6 Å². The molecule has 1 heterocycles. The molecule has 1 aromatic heterocycles. The highest BCUT2D eigenvalue weighted by Gasteiger charge is 2.15. The first-order valence-corrected chi connectivity index (χ1v) is 9.79. The highest BCUT2D eigenvalue weighted by atomic mass is 35.5. The normalized spacial score (nSPS) is 11.4. The summed E-state index contributed by atoms with van der Waals surface area (Å²) < 4.78 is 31.8. The number of amides is 1. The van der Waals surface area contributed by atoms with Crippen molar-refractivity contribution in [1.82, 2.24) is 10.0 Å². The topological polar surface area (TPSA) is 105 Å². The number of hydrogen-bond donors (Lipinski definition) is 2. The zero-order valence-corrected chi connectivity index (χ0v) is 15.5. The van der Waals surface area contributed by atoms with Gasteiger partial charge in [-0.2, -0.15) is 0 Å². The molecule has 3 rings (SSSR count).